The van der Waals surface area contributed by atoms with Crippen molar-refractivity contribution in [3.63, 3.8) is 0 Å². The van der Waals surface area contributed by atoms with Crippen molar-refractivity contribution in [2.24, 2.45) is 0 Å². The van der Waals surface area contributed by atoms with Crippen LogP contribution in [-0.2, 0) is 4.74 Å². The average molecular weight is 405 g/mol. The molecule has 7 heteroatoms. The number of anilines is 1. The lowest BCUT2D eigenvalue weighted by molar-refractivity contribution is 0.0526. The summed E-state index contributed by atoms with van der Waals surface area (Å²) in [6.07, 6.45) is 1.87. The molecule has 0 saturated heterocycles. The van der Waals surface area contributed by atoms with Crippen LogP contribution in [0.15, 0.2) is 60.1 Å². The Morgan fingerprint density at radius 1 is 1.10 bits per heavy atom. The Balaban J connectivity index is 1.54. The third-order valence-corrected chi connectivity index (χ3v) is 5.28. The van der Waals surface area contributed by atoms with Crippen LogP contribution < -0.4 is 5.32 Å². The van der Waals surface area contributed by atoms with Gasteiger partial charge in [0.1, 0.15) is 5.69 Å². The summed E-state index contributed by atoms with van der Waals surface area (Å²) in [4.78, 5) is 29.9. The number of esters is 1. The fourth-order valence-corrected chi connectivity index (χ4v) is 3.76. The lowest BCUT2D eigenvalue weighted by atomic mass is 10.1. The highest BCUT2D eigenvalue weighted by atomic mass is 32.1. The molecule has 0 aliphatic heterocycles. The summed E-state index contributed by atoms with van der Waals surface area (Å²) in [5.74, 6) is -0.625. The molecule has 6 nitrogen and oxygen atoms in total. The number of imidazole rings is 1. The van der Waals surface area contributed by atoms with Crippen molar-refractivity contribution < 1.29 is 14.3 Å². The molecular weight excluding hydrogens is 386 g/mol. The maximum atomic E-state index is 12.8. The van der Waals surface area contributed by atoms with Crippen LogP contribution in [0.5, 0.6) is 0 Å². The summed E-state index contributed by atoms with van der Waals surface area (Å²) in [5.41, 5.74) is 4.56. The molecule has 0 bridgehead atoms. The van der Waals surface area contributed by atoms with Crippen molar-refractivity contribution in [2.75, 3.05) is 11.9 Å². The fourth-order valence-electron chi connectivity index (χ4n) is 2.91. The molecule has 4 aromatic rings. The highest BCUT2D eigenvalue weighted by Gasteiger charge is 2.16. The molecule has 0 unspecified atom stereocenters. The summed E-state index contributed by atoms with van der Waals surface area (Å²) in [6, 6.07) is 14.7. The van der Waals surface area contributed by atoms with Gasteiger partial charge in [-0.25, -0.2) is 9.78 Å². The number of aromatic nitrogens is 2. The predicted octanol–water partition coefficient (Wildman–Crippen LogP) is 4.80. The van der Waals surface area contributed by atoms with Crippen LogP contribution in [0.25, 0.3) is 16.2 Å². The number of fused-ring (bicyclic) bond motifs is 1. The fraction of sp³-hybridized carbons (Fsp3) is 0.136. The maximum absolute atomic E-state index is 12.8. The molecule has 0 fully saturated rings. The van der Waals surface area contributed by atoms with Gasteiger partial charge in [-0.3, -0.25) is 9.20 Å². The number of hydrogen-bond acceptors (Lipinski definition) is 5. The molecule has 0 saturated carbocycles. The minimum Gasteiger partial charge on any atom is -0.462 e. The second kappa shape index (κ2) is 7.89. The van der Waals surface area contributed by atoms with Crippen molar-refractivity contribution in [1.82, 2.24) is 9.38 Å². The van der Waals surface area contributed by atoms with Crippen LogP contribution >= 0.6 is 11.3 Å². The predicted molar refractivity (Wildman–Crippen MR) is 114 cm³/mol. The van der Waals surface area contributed by atoms with Gasteiger partial charge < -0.3 is 10.1 Å². The zero-order chi connectivity index (χ0) is 20.4. The highest BCUT2D eigenvalue weighted by Crippen LogP contribution is 2.24. The van der Waals surface area contributed by atoms with Crippen molar-refractivity contribution in [3.05, 3.63) is 76.9 Å². The molecule has 1 amide bonds. The van der Waals surface area contributed by atoms with Gasteiger partial charge >= 0.3 is 5.97 Å². The van der Waals surface area contributed by atoms with E-state index in [-0.39, 0.29) is 11.9 Å². The van der Waals surface area contributed by atoms with Crippen LogP contribution in [0.1, 0.15) is 33.3 Å². The molecule has 0 radical (unpaired) electrons. The van der Waals surface area contributed by atoms with Gasteiger partial charge in [0.25, 0.3) is 5.91 Å². The molecule has 4 rings (SSSR count). The summed E-state index contributed by atoms with van der Waals surface area (Å²) >= 11 is 1.41. The first kappa shape index (κ1) is 18.9. The molecule has 0 spiro atoms. The van der Waals surface area contributed by atoms with Crippen LogP contribution in [0, 0.1) is 6.92 Å². The monoisotopic (exact) mass is 405 g/mol. The normalized spacial score (nSPS) is 10.8. The van der Waals surface area contributed by atoms with Crippen LogP contribution in [0.3, 0.4) is 0 Å². The molecule has 0 aliphatic rings. The molecule has 1 N–H and O–H groups in total. The number of amides is 1. The van der Waals surface area contributed by atoms with Gasteiger partial charge in [-0.1, -0.05) is 29.8 Å². The molecule has 2 heterocycles. The summed E-state index contributed by atoms with van der Waals surface area (Å²) in [6.45, 7) is 4.12. The number of carbonyl (C=O) groups is 2. The first-order valence-electron chi connectivity index (χ1n) is 9.17. The Hall–Kier alpha value is -3.45. The van der Waals surface area contributed by atoms with Gasteiger partial charge in [0.2, 0.25) is 0 Å². The van der Waals surface area contributed by atoms with E-state index in [2.05, 4.69) is 10.3 Å². The molecule has 0 aliphatic carbocycles. The first-order valence-corrected chi connectivity index (χ1v) is 10.1. The van der Waals surface area contributed by atoms with Gasteiger partial charge in [-0.05, 0) is 38.1 Å². The number of benzene rings is 2. The lowest BCUT2D eigenvalue weighted by Gasteiger charge is -2.06. The van der Waals surface area contributed by atoms with Crippen molar-refractivity contribution in [2.45, 2.75) is 13.8 Å². The number of nitrogens with one attached hydrogen (secondary N) is 1. The number of thiazole rings is 1. The quantitative estimate of drug-likeness (QED) is 0.484. The molecule has 0 atom stereocenters. The van der Waals surface area contributed by atoms with Gasteiger partial charge in [-0.2, -0.15) is 0 Å². The van der Waals surface area contributed by atoms with E-state index < -0.39 is 0 Å². The minimum absolute atomic E-state index is 0.243. The third kappa shape index (κ3) is 3.90. The second-order valence-electron chi connectivity index (χ2n) is 6.52. The Morgan fingerprint density at radius 2 is 1.83 bits per heavy atom. The molecule has 29 heavy (non-hydrogen) atoms. The molecule has 2 aromatic heterocycles. The molecular formula is C22H19N3O3S. The SMILES string of the molecule is CCOC(=O)c1ccc(NC(=O)c2csc3nc(-c4ccc(C)cc4)cn23)cc1. The van der Waals surface area contributed by atoms with Gasteiger partial charge in [0, 0.05) is 22.8 Å². The van der Waals surface area contributed by atoms with Gasteiger partial charge in [-0.15, -0.1) is 11.3 Å². The zero-order valence-electron chi connectivity index (χ0n) is 16.0. The van der Waals surface area contributed by atoms with E-state index >= 15 is 0 Å². The van der Waals surface area contributed by atoms with Crippen LogP contribution in [-0.4, -0.2) is 27.9 Å². The largest absolute Gasteiger partial charge is 0.462 e. The summed E-state index contributed by atoms with van der Waals surface area (Å²) in [7, 11) is 0. The highest BCUT2D eigenvalue weighted by molar-refractivity contribution is 7.15. The van der Waals surface area contributed by atoms with Crippen LogP contribution in [0.2, 0.25) is 0 Å². The van der Waals surface area contributed by atoms with Crippen molar-refractivity contribution in [1.29, 1.82) is 0 Å². The Bertz CT molecular complexity index is 1170. The lowest BCUT2D eigenvalue weighted by Crippen LogP contribution is -2.14. The number of ether oxygens (including phenoxy) is 1. The standard InChI is InChI=1S/C22H19N3O3S/c1-3-28-21(27)16-8-10-17(11-9-16)23-20(26)19-13-29-22-24-18(12-25(19)22)15-6-4-14(2)5-7-15/h4-13H,3H2,1-2H3,(H,23,26). The second-order valence-corrected chi connectivity index (χ2v) is 7.35. The third-order valence-electron chi connectivity index (χ3n) is 4.44. The Morgan fingerprint density at radius 3 is 2.52 bits per heavy atom. The van der Waals surface area contributed by atoms with Crippen molar-refractivity contribution in [3.8, 4) is 11.3 Å². The van der Waals surface area contributed by atoms with Gasteiger partial charge in [0.05, 0.1) is 17.9 Å². The van der Waals surface area contributed by atoms with E-state index in [1.165, 1.54) is 16.9 Å². The maximum Gasteiger partial charge on any atom is 0.338 e. The van der Waals surface area contributed by atoms with Crippen molar-refractivity contribution >= 4 is 33.9 Å². The zero-order valence-corrected chi connectivity index (χ0v) is 16.8. The molecule has 146 valence electrons. The average Bonchev–Trinajstić information content (AvgIpc) is 3.30. The number of hydrogen-bond donors (Lipinski definition) is 1. The van der Waals surface area contributed by atoms with Gasteiger partial charge in [0.15, 0.2) is 4.96 Å². The first-order chi connectivity index (χ1) is 14.0. The topological polar surface area (TPSA) is 72.7 Å². The number of carbonyl (C=O) groups excluding carboxylic acids is 2. The minimum atomic E-state index is -0.382. The van der Waals surface area contributed by atoms with E-state index in [0.717, 1.165) is 16.2 Å². The smallest absolute Gasteiger partial charge is 0.338 e. The van der Waals surface area contributed by atoms with E-state index in [9.17, 15) is 9.59 Å². The van der Waals surface area contributed by atoms with Crippen LogP contribution in [0.4, 0.5) is 5.69 Å². The number of aryl methyl sites for hydroxylation is 1. The van der Waals surface area contributed by atoms with E-state index in [1.807, 2.05) is 37.4 Å². The Kier molecular flexibility index (Phi) is 5.14. The number of nitrogens with zero attached hydrogens (tertiary/aromatic N) is 2. The van der Waals surface area contributed by atoms with E-state index in [1.54, 1.807) is 41.0 Å². The van der Waals surface area contributed by atoms with E-state index in [4.69, 9.17) is 4.74 Å². The summed E-state index contributed by atoms with van der Waals surface area (Å²) < 4.78 is 6.76. The number of rotatable bonds is 5. The summed E-state index contributed by atoms with van der Waals surface area (Å²) in [5, 5.41) is 4.64. The molecule has 2 aromatic carbocycles. The Labute approximate surface area is 171 Å². The van der Waals surface area contributed by atoms with E-state index in [0.29, 0.717) is 23.6 Å².